The van der Waals surface area contributed by atoms with Crippen LogP contribution in [0.5, 0.6) is 0 Å². The normalized spacial score (nSPS) is 32.2. The van der Waals surface area contributed by atoms with Gasteiger partial charge in [0.05, 0.1) is 6.10 Å². The number of nitrogens with one attached hydrogen (secondary N) is 1. The zero-order chi connectivity index (χ0) is 15.4. The summed E-state index contributed by atoms with van der Waals surface area (Å²) in [5.74, 6) is 0.0760. The maximum Gasteiger partial charge on any atom is 0.249 e. The van der Waals surface area contributed by atoms with Crippen LogP contribution in [0.3, 0.4) is 0 Å². The minimum absolute atomic E-state index is 0.0731. The number of ether oxygens (including phenoxy) is 1. The van der Waals surface area contributed by atoms with Gasteiger partial charge in [0.25, 0.3) is 0 Å². The number of hydrogen-bond donors (Lipinski definition) is 2. The molecule has 0 radical (unpaired) electrons. The molecular weight excluding hydrogens is 278 g/mol. The molecule has 0 unspecified atom stereocenters. The first kappa shape index (κ1) is 16.2. The lowest BCUT2D eigenvalue weighted by Gasteiger charge is -2.39. The number of piperidine rings is 1. The van der Waals surface area contributed by atoms with Gasteiger partial charge in [0, 0.05) is 31.7 Å². The number of nitrogens with two attached hydrogens (primary N) is 1. The molecule has 3 rings (SSSR count). The summed E-state index contributed by atoms with van der Waals surface area (Å²) < 4.78 is 5.68. The monoisotopic (exact) mass is 309 g/mol. The molecule has 0 aromatic heterocycles. The van der Waals surface area contributed by atoms with Crippen molar-refractivity contribution < 1.29 is 9.53 Å². The number of nitrogens with zero attached hydrogens (tertiary/aromatic N) is 1. The molecule has 0 aromatic rings. The van der Waals surface area contributed by atoms with E-state index in [1.807, 2.05) is 0 Å². The highest BCUT2D eigenvalue weighted by Gasteiger charge is 2.32. The molecule has 2 aliphatic heterocycles. The summed E-state index contributed by atoms with van der Waals surface area (Å²) >= 11 is 0. The van der Waals surface area contributed by atoms with Crippen molar-refractivity contribution in [3.8, 4) is 0 Å². The average molecular weight is 309 g/mol. The first-order valence-corrected chi connectivity index (χ1v) is 9.16. The van der Waals surface area contributed by atoms with Crippen LogP contribution in [-0.2, 0) is 9.53 Å². The Bertz CT molecular complexity index is 363. The Hall–Kier alpha value is -0.650. The van der Waals surface area contributed by atoms with E-state index < -0.39 is 0 Å². The van der Waals surface area contributed by atoms with Crippen molar-refractivity contribution in [1.29, 1.82) is 0 Å². The Kier molecular flexibility index (Phi) is 5.71. The Morgan fingerprint density at radius 1 is 1.05 bits per heavy atom. The van der Waals surface area contributed by atoms with Gasteiger partial charge in [-0.3, -0.25) is 4.79 Å². The molecule has 3 aliphatic rings. The molecule has 5 heteroatoms. The molecule has 2 heterocycles. The van der Waals surface area contributed by atoms with Crippen molar-refractivity contribution in [1.82, 2.24) is 10.2 Å². The average Bonchev–Trinajstić information content (AvgIpc) is 3.06. The Morgan fingerprint density at radius 2 is 1.77 bits per heavy atom. The van der Waals surface area contributed by atoms with Crippen molar-refractivity contribution >= 4 is 5.91 Å². The summed E-state index contributed by atoms with van der Waals surface area (Å²) in [7, 11) is 0. The van der Waals surface area contributed by atoms with Crippen molar-refractivity contribution in [3.05, 3.63) is 0 Å². The molecule has 1 amide bonds. The second-order valence-corrected chi connectivity index (χ2v) is 7.17. The third-order valence-corrected chi connectivity index (χ3v) is 5.63. The highest BCUT2D eigenvalue weighted by Crippen LogP contribution is 2.25. The Balaban J connectivity index is 1.39. The molecule has 3 fully saturated rings. The predicted octanol–water partition coefficient (Wildman–Crippen LogP) is 1.41. The van der Waals surface area contributed by atoms with Crippen LogP contribution < -0.4 is 11.1 Å². The van der Waals surface area contributed by atoms with Crippen LogP contribution in [0.4, 0.5) is 0 Å². The van der Waals surface area contributed by atoms with Crippen LogP contribution in [0, 0.1) is 0 Å². The zero-order valence-electron chi connectivity index (χ0n) is 13.6. The van der Waals surface area contributed by atoms with Gasteiger partial charge in [0.1, 0.15) is 6.10 Å². The lowest BCUT2D eigenvalue weighted by molar-refractivity contribution is -0.132. The van der Waals surface area contributed by atoms with E-state index in [2.05, 4.69) is 10.2 Å². The van der Waals surface area contributed by atoms with Gasteiger partial charge in [-0.1, -0.05) is 19.3 Å². The highest BCUT2D eigenvalue weighted by molar-refractivity contribution is 5.81. The topological polar surface area (TPSA) is 67.6 Å². The van der Waals surface area contributed by atoms with E-state index in [0.717, 1.165) is 44.8 Å². The Morgan fingerprint density at radius 3 is 2.41 bits per heavy atom. The summed E-state index contributed by atoms with van der Waals surface area (Å²) in [5.41, 5.74) is 5.60. The van der Waals surface area contributed by atoms with E-state index in [-0.39, 0.29) is 18.1 Å². The minimum Gasteiger partial charge on any atom is -0.364 e. The fraction of sp³-hybridized carbons (Fsp3) is 0.941. The largest absolute Gasteiger partial charge is 0.364 e. The van der Waals surface area contributed by atoms with Crippen molar-refractivity contribution in [2.75, 3.05) is 19.6 Å². The molecule has 0 aromatic carbocycles. The summed E-state index contributed by atoms with van der Waals surface area (Å²) in [6, 6.07) is 1.13. The fourth-order valence-electron chi connectivity index (χ4n) is 4.22. The number of amides is 1. The predicted molar refractivity (Wildman–Crippen MR) is 86.6 cm³/mol. The van der Waals surface area contributed by atoms with Gasteiger partial charge >= 0.3 is 0 Å². The second kappa shape index (κ2) is 7.75. The second-order valence-electron chi connectivity index (χ2n) is 7.17. The van der Waals surface area contributed by atoms with E-state index in [1.54, 1.807) is 0 Å². The number of rotatable bonds is 4. The number of carbonyl (C=O) groups is 1. The molecule has 5 nitrogen and oxygen atoms in total. The van der Waals surface area contributed by atoms with Gasteiger partial charge in [-0.05, 0) is 38.5 Å². The molecule has 2 atom stereocenters. The molecule has 0 spiro atoms. The van der Waals surface area contributed by atoms with Gasteiger partial charge in [0.2, 0.25) is 5.91 Å². The highest BCUT2D eigenvalue weighted by atomic mass is 16.5. The van der Waals surface area contributed by atoms with Crippen LogP contribution in [0.25, 0.3) is 0 Å². The molecular formula is C17H31N3O2. The maximum atomic E-state index is 12.3. The summed E-state index contributed by atoms with van der Waals surface area (Å²) in [4.78, 5) is 14.9. The molecule has 0 bridgehead atoms. The van der Waals surface area contributed by atoms with E-state index in [9.17, 15) is 4.79 Å². The van der Waals surface area contributed by atoms with Gasteiger partial charge < -0.3 is 20.7 Å². The van der Waals surface area contributed by atoms with Crippen LogP contribution in [-0.4, -0.2) is 54.7 Å². The van der Waals surface area contributed by atoms with Crippen LogP contribution in [0.1, 0.15) is 57.8 Å². The SMILES string of the molecule is NC[C@H]1CC[C@@H](C(=O)NC2CCN(C3CCCCC3)CC2)O1. The fourth-order valence-corrected chi connectivity index (χ4v) is 4.22. The quantitative estimate of drug-likeness (QED) is 0.824. The number of hydrogen-bond acceptors (Lipinski definition) is 4. The van der Waals surface area contributed by atoms with Crippen molar-refractivity contribution in [3.63, 3.8) is 0 Å². The summed E-state index contributed by atoms with van der Waals surface area (Å²) in [5, 5.41) is 3.20. The molecule has 3 N–H and O–H groups in total. The molecule has 126 valence electrons. The van der Waals surface area contributed by atoms with Crippen molar-refractivity contribution in [2.24, 2.45) is 5.73 Å². The van der Waals surface area contributed by atoms with E-state index in [4.69, 9.17) is 10.5 Å². The lowest BCUT2D eigenvalue weighted by atomic mass is 9.92. The Labute approximate surface area is 133 Å². The maximum absolute atomic E-state index is 12.3. The van der Waals surface area contributed by atoms with Gasteiger partial charge in [-0.2, -0.15) is 0 Å². The standard InChI is InChI=1S/C17H31N3O2/c18-12-15-6-7-16(22-15)17(21)19-13-8-10-20(11-9-13)14-4-2-1-3-5-14/h13-16H,1-12,18H2,(H,19,21)/t15-,16+/m1/s1. The summed E-state index contributed by atoms with van der Waals surface area (Å²) in [6.45, 7) is 2.78. The first-order chi connectivity index (χ1) is 10.8. The number of likely N-dealkylation sites (tertiary alicyclic amines) is 1. The van der Waals surface area contributed by atoms with Crippen LogP contribution in [0.15, 0.2) is 0 Å². The van der Waals surface area contributed by atoms with E-state index in [1.165, 1.54) is 32.1 Å². The van der Waals surface area contributed by atoms with Crippen molar-refractivity contribution in [2.45, 2.75) is 82.1 Å². The van der Waals surface area contributed by atoms with E-state index in [0.29, 0.717) is 12.6 Å². The third-order valence-electron chi connectivity index (χ3n) is 5.63. The summed E-state index contributed by atoms with van der Waals surface area (Å²) in [6.07, 6.45) is 10.6. The van der Waals surface area contributed by atoms with Gasteiger partial charge in [-0.25, -0.2) is 0 Å². The first-order valence-electron chi connectivity index (χ1n) is 9.16. The smallest absolute Gasteiger partial charge is 0.249 e. The van der Waals surface area contributed by atoms with Gasteiger partial charge in [0.15, 0.2) is 0 Å². The number of carbonyl (C=O) groups excluding carboxylic acids is 1. The minimum atomic E-state index is -0.273. The lowest BCUT2D eigenvalue weighted by Crippen LogP contribution is -2.50. The molecule has 2 saturated heterocycles. The molecule has 1 aliphatic carbocycles. The van der Waals surface area contributed by atoms with Crippen LogP contribution in [0.2, 0.25) is 0 Å². The van der Waals surface area contributed by atoms with E-state index >= 15 is 0 Å². The molecule has 1 saturated carbocycles. The zero-order valence-corrected chi connectivity index (χ0v) is 13.6. The molecule has 22 heavy (non-hydrogen) atoms. The third kappa shape index (κ3) is 4.00. The van der Waals surface area contributed by atoms with Gasteiger partial charge in [-0.15, -0.1) is 0 Å². The van der Waals surface area contributed by atoms with Crippen LogP contribution >= 0.6 is 0 Å².